The minimum atomic E-state index is -0.512. The molecule has 4 saturated heterocycles. The van der Waals surface area contributed by atoms with Crippen molar-refractivity contribution in [3.05, 3.63) is 0 Å². The molecule has 4 heterocycles. The maximum absolute atomic E-state index is 13.0. The van der Waals surface area contributed by atoms with Gasteiger partial charge in [0.1, 0.15) is 6.10 Å². The third kappa shape index (κ3) is 5.45. The Balaban J connectivity index is 0.897. The number of nitrogens with zero attached hydrogens (tertiary/aromatic N) is 3. The molecule has 0 aromatic heterocycles. The summed E-state index contributed by atoms with van der Waals surface area (Å²) in [5.74, 6) is 2.85. The highest BCUT2D eigenvalue weighted by atomic mass is 16.7. The first-order valence-electron chi connectivity index (χ1n) is 22.2. The van der Waals surface area contributed by atoms with Gasteiger partial charge in [0, 0.05) is 57.8 Å². The fourth-order valence-electron chi connectivity index (χ4n) is 15.5. The average molecular weight is 740 g/mol. The molecule has 9 fully saturated rings. The van der Waals surface area contributed by atoms with E-state index >= 15 is 0 Å². The van der Waals surface area contributed by atoms with Crippen LogP contribution in [0, 0.1) is 62.6 Å². The van der Waals surface area contributed by atoms with E-state index in [9.17, 15) is 9.90 Å². The molecule has 0 bridgehead atoms. The van der Waals surface area contributed by atoms with Crippen LogP contribution in [0.2, 0.25) is 0 Å². The van der Waals surface area contributed by atoms with Crippen molar-refractivity contribution in [2.24, 2.45) is 62.6 Å². The first-order chi connectivity index (χ1) is 25.1. The van der Waals surface area contributed by atoms with Gasteiger partial charge in [-0.15, -0.1) is 0 Å². The minimum Gasteiger partial charge on any atom is -0.443 e. The zero-order valence-corrected chi connectivity index (χ0v) is 34.5. The molecule has 1 unspecified atom stereocenters. The Bertz CT molecular complexity index is 1400. The number of hydrogen-bond acceptors (Lipinski definition) is 8. The van der Waals surface area contributed by atoms with Crippen molar-refractivity contribution >= 4 is 6.09 Å². The number of aliphatic hydroxyl groups excluding tert-OH is 1. The number of carbonyl (C=O) groups is 1. The standard InChI is InChI=1S/C44H73N3O6/c1-27(2)36(53-39(49)47-16-9-17-47)30-22-29(4)35-37(51-30)38(48)42(8)32-11-10-31-40(5,6)33(12-13-43(31)26-44(32,43)15-14-41(35,42)7)52-34-25-45(20-21-50-34)18-19-46-23-28(3)24-46/h27-38,48H,9-26H2,1-8H3/t29-,30-,31+,32+,33?,34+,35+,36-,37+,38+,41-,42-,43-,44+/m1/s1. The predicted molar refractivity (Wildman–Crippen MR) is 204 cm³/mol. The molecule has 0 aromatic rings. The number of fused-ring (bicyclic) bond motifs is 4. The normalized spacial score (nSPS) is 49.8. The van der Waals surface area contributed by atoms with Crippen LogP contribution in [0.5, 0.6) is 0 Å². The summed E-state index contributed by atoms with van der Waals surface area (Å²) in [6.45, 7) is 28.1. The van der Waals surface area contributed by atoms with Gasteiger partial charge in [-0.3, -0.25) is 4.90 Å². The van der Waals surface area contributed by atoms with Crippen molar-refractivity contribution in [1.29, 1.82) is 0 Å². The van der Waals surface area contributed by atoms with Crippen LogP contribution in [-0.2, 0) is 18.9 Å². The highest BCUT2D eigenvalue weighted by molar-refractivity contribution is 5.68. The Morgan fingerprint density at radius 3 is 2.32 bits per heavy atom. The van der Waals surface area contributed by atoms with Gasteiger partial charge in [-0.2, -0.15) is 0 Å². The maximum atomic E-state index is 13.0. The third-order valence-electron chi connectivity index (χ3n) is 18.4. The summed E-state index contributed by atoms with van der Waals surface area (Å²) in [4.78, 5) is 20.0. The Morgan fingerprint density at radius 2 is 1.62 bits per heavy atom. The molecule has 5 saturated carbocycles. The van der Waals surface area contributed by atoms with Crippen molar-refractivity contribution < 1.29 is 28.8 Å². The molecule has 5 aliphatic carbocycles. The molecule has 300 valence electrons. The lowest BCUT2D eigenvalue weighted by molar-refractivity contribution is -0.249. The van der Waals surface area contributed by atoms with E-state index in [1.54, 1.807) is 0 Å². The van der Waals surface area contributed by atoms with Gasteiger partial charge in [-0.1, -0.05) is 55.4 Å². The van der Waals surface area contributed by atoms with Crippen LogP contribution in [0.4, 0.5) is 4.79 Å². The van der Waals surface area contributed by atoms with Crippen molar-refractivity contribution in [2.45, 2.75) is 150 Å². The lowest BCUT2D eigenvalue weighted by Crippen LogP contribution is -2.60. The van der Waals surface area contributed by atoms with E-state index in [1.165, 1.54) is 51.6 Å². The first-order valence-corrected chi connectivity index (χ1v) is 22.2. The van der Waals surface area contributed by atoms with Gasteiger partial charge < -0.3 is 33.9 Å². The van der Waals surface area contributed by atoms with Gasteiger partial charge in [0.25, 0.3) is 0 Å². The topological polar surface area (TPSA) is 83.9 Å². The molecule has 53 heavy (non-hydrogen) atoms. The van der Waals surface area contributed by atoms with Crippen molar-refractivity contribution in [2.75, 3.05) is 59.0 Å². The van der Waals surface area contributed by atoms with Crippen LogP contribution in [0.25, 0.3) is 0 Å². The van der Waals surface area contributed by atoms with Gasteiger partial charge in [-0.25, -0.2) is 4.79 Å². The molecule has 9 aliphatic rings. The van der Waals surface area contributed by atoms with Gasteiger partial charge in [0.15, 0.2) is 6.29 Å². The molecule has 9 nitrogen and oxygen atoms in total. The number of amides is 1. The first kappa shape index (κ1) is 37.6. The van der Waals surface area contributed by atoms with E-state index in [1.807, 2.05) is 4.90 Å². The SMILES string of the molecule is CC1CN(CCN2CCO[C@@H](OC3CC[C@]45C[C@]46CC[C@]4(C)[C@@H]7[C@H](O[C@@H]([C@H](OC(=O)N8CCC8)C(C)C)C[C@H]7C)[C@H](O)[C@@]4(C)[C@@H]6CC[C@H]5C3(C)C)C2)C1. The molecule has 9 rings (SSSR count). The number of hydrogen-bond donors (Lipinski definition) is 1. The fourth-order valence-corrected chi connectivity index (χ4v) is 15.5. The van der Waals surface area contributed by atoms with Crippen molar-refractivity contribution in [3.8, 4) is 0 Å². The van der Waals surface area contributed by atoms with Crippen molar-refractivity contribution in [3.63, 3.8) is 0 Å². The molecule has 1 amide bonds. The Kier molecular flexibility index (Phi) is 9.24. The minimum absolute atomic E-state index is 0.0174. The lowest BCUT2D eigenvalue weighted by Gasteiger charge is -2.64. The van der Waals surface area contributed by atoms with Crippen LogP contribution in [0.15, 0.2) is 0 Å². The van der Waals surface area contributed by atoms with Crippen LogP contribution < -0.4 is 0 Å². The Labute approximate surface area is 320 Å². The van der Waals surface area contributed by atoms with E-state index in [2.05, 4.69) is 65.2 Å². The summed E-state index contributed by atoms with van der Waals surface area (Å²) < 4.78 is 26.6. The monoisotopic (exact) mass is 740 g/mol. The molecule has 0 aromatic carbocycles. The predicted octanol–water partition coefficient (Wildman–Crippen LogP) is 6.66. The fraction of sp³-hybridized carbons (Fsp3) is 0.977. The molecule has 9 heteroatoms. The number of likely N-dealkylation sites (tertiary alicyclic amines) is 2. The van der Waals surface area contributed by atoms with Crippen LogP contribution in [-0.4, -0.2) is 122 Å². The lowest BCUT2D eigenvalue weighted by atomic mass is 9.41. The van der Waals surface area contributed by atoms with E-state index in [0.29, 0.717) is 34.5 Å². The maximum Gasteiger partial charge on any atom is 0.410 e. The van der Waals surface area contributed by atoms with Gasteiger partial charge >= 0.3 is 6.09 Å². The van der Waals surface area contributed by atoms with Crippen LogP contribution in [0.1, 0.15) is 113 Å². The smallest absolute Gasteiger partial charge is 0.410 e. The Hall–Kier alpha value is -0.970. The number of rotatable bonds is 8. The zero-order chi connectivity index (χ0) is 37.3. The summed E-state index contributed by atoms with van der Waals surface area (Å²) in [6, 6.07) is 0. The summed E-state index contributed by atoms with van der Waals surface area (Å²) in [5, 5.41) is 12.7. The van der Waals surface area contributed by atoms with Crippen molar-refractivity contribution in [1.82, 2.24) is 14.7 Å². The molecular weight excluding hydrogens is 666 g/mol. The second-order valence-corrected chi connectivity index (χ2v) is 21.6. The van der Waals surface area contributed by atoms with E-state index in [0.717, 1.165) is 71.1 Å². The number of carbonyl (C=O) groups excluding carboxylic acids is 1. The van der Waals surface area contributed by atoms with Gasteiger partial charge in [-0.05, 0) is 115 Å². The molecule has 14 atom stereocenters. The Morgan fingerprint density at radius 1 is 0.906 bits per heavy atom. The molecule has 0 radical (unpaired) electrons. The molecule has 1 N–H and O–H groups in total. The van der Waals surface area contributed by atoms with Gasteiger partial charge in [0.2, 0.25) is 0 Å². The number of morpholine rings is 1. The second kappa shape index (κ2) is 13.0. The van der Waals surface area contributed by atoms with E-state index in [-0.39, 0.29) is 59.0 Å². The van der Waals surface area contributed by atoms with Gasteiger partial charge in [0.05, 0.1) is 31.0 Å². The highest BCUT2D eigenvalue weighted by Gasteiger charge is 2.84. The van der Waals surface area contributed by atoms with E-state index < -0.39 is 6.10 Å². The number of aliphatic hydroxyl groups is 1. The summed E-state index contributed by atoms with van der Waals surface area (Å²) in [6.07, 6.45) is 9.15. The summed E-state index contributed by atoms with van der Waals surface area (Å²) >= 11 is 0. The zero-order valence-electron chi connectivity index (χ0n) is 34.5. The summed E-state index contributed by atoms with van der Waals surface area (Å²) in [7, 11) is 0. The molecule has 2 spiro atoms. The summed E-state index contributed by atoms with van der Waals surface area (Å²) in [5.41, 5.74) is 0.561. The van der Waals surface area contributed by atoms with Crippen LogP contribution in [0.3, 0.4) is 0 Å². The third-order valence-corrected chi connectivity index (χ3v) is 18.4. The molecular formula is C44H73N3O6. The largest absolute Gasteiger partial charge is 0.443 e. The second-order valence-electron chi connectivity index (χ2n) is 21.6. The quantitative estimate of drug-likeness (QED) is 0.296. The van der Waals surface area contributed by atoms with Crippen LogP contribution >= 0.6 is 0 Å². The highest BCUT2D eigenvalue weighted by Crippen LogP contribution is 2.89. The number of ether oxygens (including phenoxy) is 4. The molecule has 4 aliphatic heterocycles. The van der Waals surface area contributed by atoms with E-state index in [4.69, 9.17) is 18.9 Å². The average Bonchev–Trinajstić information content (AvgIpc) is 3.70.